The van der Waals surface area contributed by atoms with Crippen molar-refractivity contribution in [3.63, 3.8) is 0 Å². The molecule has 0 aliphatic heterocycles. The summed E-state index contributed by atoms with van der Waals surface area (Å²) in [5.41, 5.74) is 1.95. The van der Waals surface area contributed by atoms with Gasteiger partial charge in [-0.1, -0.05) is 12.1 Å². The lowest BCUT2D eigenvalue weighted by molar-refractivity contribution is 0.102. The summed E-state index contributed by atoms with van der Waals surface area (Å²) in [6, 6.07) is 13.2. The first-order chi connectivity index (χ1) is 13.7. The van der Waals surface area contributed by atoms with Crippen molar-refractivity contribution in [1.82, 2.24) is 0 Å². The minimum absolute atomic E-state index is 0.138. The Balaban J connectivity index is 1.82. The molecule has 5 nitrogen and oxygen atoms in total. The first-order valence-corrected chi connectivity index (χ1v) is 10.1. The number of carbonyl (C=O) groups excluding carboxylic acids is 1. The zero-order valence-corrected chi connectivity index (χ0v) is 16.5. The highest BCUT2D eigenvalue weighted by Gasteiger charge is 2.18. The molecule has 0 fully saturated rings. The Labute approximate surface area is 167 Å². The van der Waals surface area contributed by atoms with E-state index in [1.807, 2.05) is 13.0 Å². The molecule has 3 rings (SSSR count). The molecular formula is C21H18F2N2O3S. The molecule has 0 aliphatic rings. The zero-order valence-electron chi connectivity index (χ0n) is 15.7. The predicted molar refractivity (Wildman–Crippen MR) is 107 cm³/mol. The normalized spacial score (nSPS) is 11.2. The van der Waals surface area contributed by atoms with Crippen LogP contribution in [0.2, 0.25) is 0 Å². The summed E-state index contributed by atoms with van der Waals surface area (Å²) in [5, 5.41) is 2.34. The van der Waals surface area contributed by atoms with Gasteiger partial charge in [-0.2, -0.15) is 0 Å². The Kier molecular flexibility index (Phi) is 5.65. The molecule has 0 spiro atoms. The summed E-state index contributed by atoms with van der Waals surface area (Å²) in [6.45, 7) is 3.58. The van der Waals surface area contributed by atoms with E-state index >= 15 is 0 Å². The van der Waals surface area contributed by atoms with Gasteiger partial charge in [-0.05, 0) is 73.5 Å². The number of nitrogens with one attached hydrogen (secondary N) is 2. The largest absolute Gasteiger partial charge is 0.319 e. The molecule has 0 atom stereocenters. The molecule has 0 aromatic heterocycles. The van der Waals surface area contributed by atoms with Gasteiger partial charge in [-0.25, -0.2) is 17.2 Å². The van der Waals surface area contributed by atoms with E-state index < -0.39 is 27.6 Å². The average molecular weight is 416 g/mol. The Morgan fingerprint density at radius 2 is 1.55 bits per heavy atom. The summed E-state index contributed by atoms with van der Waals surface area (Å²) < 4.78 is 55.0. The van der Waals surface area contributed by atoms with Crippen LogP contribution in [0.3, 0.4) is 0 Å². The number of sulfonamides is 1. The highest BCUT2D eigenvalue weighted by atomic mass is 32.2. The van der Waals surface area contributed by atoms with Crippen LogP contribution in [-0.2, 0) is 10.0 Å². The van der Waals surface area contributed by atoms with Crippen LogP contribution in [0.1, 0.15) is 21.5 Å². The minimum atomic E-state index is -4.02. The van der Waals surface area contributed by atoms with Gasteiger partial charge in [0.15, 0.2) is 0 Å². The van der Waals surface area contributed by atoms with Crippen molar-refractivity contribution >= 4 is 27.3 Å². The summed E-state index contributed by atoms with van der Waals surface area (Å²) in [4.78, 5) is 11.9. The Hall–Kier alpha value is -3.26. The van der Waals surface area contributed by atoms with Gasteiger partial charge in [0, 0.05) is 5.56 Å². The molecule has 3 aromatic rings. The third-order valence-electron chi connectivity index (χ3n) is 4.24. The van der Waals surface area contributed by atoms with E-state index in [0.29, 0.717) is 5.69 Å². The van der Waals surface area contributed by atoms with Gasteiger partial charge >= 0.3 is 0 Å². The monoisotopic (exact) mass is 416 g/mol. The second kappa shape index (κ2) is 8.00. The fourth-order valence-corrected chi connectivity index (χ4v) is 3.74. The fourth-order valence-electron chi connectivity index (χ4n) is 2.61. The summed E-state index contributed by atoms with van der Waals surface area (Å²) in [6.07, 6.45) is 0. The quantitative estimate of drug-likeness (QED) is 0.637. The van der Waals surface area contributed by atoms with Crippen molar-refractivity contribution in [1.29, 1.82) is 0 Å². The van der Waals surface area contributed by atoms with Gasteiger partial charge in [-0.3, -0.25) is 9.52 Å². The van der Waals surface area contributed by atoms with Gasteiger partial charge in [-0.15, -0.1) is 0 Å². The van der Waals surface area contributed by atoms with Gasteiger partial charge in [0.05, 0.1) is 16.3 Å². The number of anilines is 2. The van der Waals surface area contributed by atoms with Crippen molar-refractivity contribution in [2.24, 2.45) is 0 Å². The van der Waals surface area contributed by atoms with Crippen molar-refractivity contribution in [2.45, 2.75) is 18.7 Å². The second-order valence-corrected chi connectivity index (χ2v) is 8.21. The summed E-state index contributed by atoms with van der Waals surface area (Å²) in [7, 11) is -4.02. The van der Waals surface area contributed by atoms with Crippen LogP contribution in [0.15, 0.2) is 65.6 Å². The van der Waals surface area contributed by atoms with Gasteiger partial charge in [0.1, 0.15) is 11.6 Å². The van der Waals surface area contributed by atoms with Crippen LogP contribution in [0.25, 0.3) is 0 Å². The van der Waals surface area contributed by atoms with Crippen LogP contribution in [0, 0.1) is 25.5 Å². The molecule has 2 N–H and O–H groups in total. The maximum Gasteiger partial charge on any atom is 0.262 e. The smallest absolute Gasteiger partial charge is 0.262 e. The van der Waals surface area contributed by atoms with E-state index in [1.54, 1.807) is 19.1 Å². The first kappa shape index (κ1) is 20.5. The lowest BCUT2D eigenvalue weighted by atomic mass is 10.1. The molecule has 0 aliphatic carbocycles. The van der Waals surface area contributed by atoms with Gasteiger partial charge < -0.3 is 5.32 Å². The zero-order chi connectivity index (χ0) is 21.2. The number of halogens is 2. The molecule has 3 aromatic carbocycles. The first-order valence-electron chi connectivity index (χ1n) is 8.62. The molecule has 0 saturated heterocycles. The molecular weight excluding hydrogens is 398 g/mol. The topological polar surface area (TPSA) is 75.3 Å². The Morgan fingerprint density at radius 3 is 2.21 bits per heavy atom. The maximum atomic E-state index is 14.4. The molecule has 0 saturated carbocycles. The predicted octanol–water partition coefficient (Wildman–Crippen LogP) is 4.63. The number of amides is 1. The highest BCUT2D eigenvalue weighted by molar-refractivity contribution is 7.92. The second-order valence-electron chi connectivity index (χ2n) is 6.53. The van der Waals surface area contributed by atoms with E-state index in [1.165, 1.54) is 18.2 Å². The van der Waals surface area contributed by atoms with Crippen molar-refractivity contribution < 1.29 is 22.0 Å². The molecule has 0 heterocycles. The number of hydrogen-bond donors (Lipinski definition) is 2. The molecule has 1 amide bonds. The van der Waals surface area contributed by atoms with Gasteiger partial charge in [0.2, 0.25) is 0 Å². The molecule has 0 bridgehead atoms. The van der Waals surface area contributed by atoms with E-state index in [4.69, 9.17) is 0 Å². The van der Waals surface area contributed by atoms with E-state index in [-0.39, 0.29) is 16.1 Å². The molecule has 0 unspecified atom stereocenters. The molecule has 8 heteroatoms. The van der Waals surface area contributed by atoms with E-state index in [2.05, 4.69) is 10.0 Å². The van der Waals surface area contributed by atoms with Crippen molar-refractivity contribution in [3.05, 3.63) is 89.0 Å². The number of carbonyl (C=O) groups is 1. The van der Waals surface area contributed by atoms with Gasteiger partial charge in [0.25, 0.3) is 15.9 Å². The number of benzene rings is 3. The van der Waals surface area contributed by atoms with Crippen molar-refractivity contribution in [3.8, 4) is 0 Å². The molecule has 150 valence electrons. The van der Waals surface area contributed by atoms with E-state index in [9.17, 15) is 22.0 Å². The lowest BCUT2D eigenvalue weighted by Gasteiger charge is -2.13. The summed E-state index contributed by atoms with van der Waals surface area (Å²) in [5.74, 6) is -2.06. The molecule has 29 heavy (non-hydrogen) atoms. The maximum absolute atomic E-state index is 14.4. The fraction of sp³-hybridized carbons (Fsp3) is 0.0952. The third kappa shape index (κ3) is 4.78. The number of hydrogen-bond acceptors (Lipinski definition) is 3. The van der Waals surface area contributed by atoms with Crippen LogP contribution in [0.4, 0.5) is 20.2 Å². The van der Waals surface area contributed by atoms with Crippen LogP contribution >= 0.6 is 0 Å². The van der Waals surface area contributed by atoms with Crippen LogP contribution in [-0.4, -0.2) is 14.3 Å². The highest BCUT2D eigenvalue weighted by Crippen LogP contribution is 2.24. The standard InChI is InChI=1S/C21H18F2N2O3S/c1-13-3-4-14(2)20(11-13)25-29(27,28)17-9-10-19(18(23)12-17)24-21(26)15-5-7-16(22)8-6-15/h3-12,25H,1-2H3,(H,24,26). The third-order valence-corrected chi connectivity index (χ3v) is 5.61. The SMILES string of the molecule is Cc1ccc(C)c(NS(=O)(=O)c2ccc(NC(=O)c3ccc(F)cc3)c(F)c2)c1. The van der Waals surface area contributed by atoms with Crippen LogP contribution in [0.5, 0.6) is 0 Å². The van der Waals surface area contributed by atoms with Crippen molar-refractivity contribution in [2.75, 3.05) is 10.0 Å². The molecule has 0 radical (unpaired) electrons. The number of rotatable bonds is 5. The number of aryl methyl sites for hydroxylation is 2. The Bertz CT molecular complexity index is 1180. The summed E-state index contributed by atoms with van der Waals surface area (Å²) >= 11 is 0. The van der Waals surface area contributed by atoms with E-state index in [0.717, 1.165) is 35.4 Å². The Morgan fingerprint density at radius 1 is 0.862 bits per heavy atom. The van der Waals surface area contributed by atoms with Crippen LogP contribution < -0.4 is 10.0 Å². The lowest BCUT2D eigenvalue weighted by Crippen LogP contribution is -2.16. The minimum Gasteiger partial charge on any atom is -0.319 e. The average Bonchev–Trinajstić information content (AvgIpc) is 2.66.